The molecule has 3 heterocycles. The summed E-state index contributed by atoms with van der Waals surface area (Å²) in [5.74, 6) is -1.54. The molecule has 2 aliphatic rings. The van der Waals surface area contributed by atoms with Crippen LogP contribution >= 0.6 is 0 Å². The Morgan fingerprint density at radius 2 is 1.80 bits per heavy atom. The molecule has 2 atom stereocenters. The molecular formula is C35H42N6O4. The minimum Gasteiger partial charge on any atom is -0.368 e. The summed E-state index contributed by atoms with van der Waals surface area (Å²) >= 11 is 0. The second-order valence-corrected chi connectivity index (χ2v) is 12.2. The predicted molar refractivity (Wildman–Crippen MR) is 170 cm³/mol. The number of amides is 4. The lowest BCUT2D eigenvalue weighted by Gasteiger charge is -2.43. The first-order valence-corrected chi connectivity index (χ1v) is 15.8. The largest absolute Gasteiger partial charge is 0.368 e. The fourth-order valence-electron chi connectivity index (χ4n) is 6.79. The van der Waals surface area contributed by atoms with Crippen LogP contribution in [0.3, 0.4) is 0 Å². The fraction of sp³-hybridized carbons (Fsp3) is 0.429. The molecule has 0 radical (unpaired) electrons. The van der Waals surface area contributed by atoms with E-state index in [-0.39, 0.29) is 36.1 Å². The van der Waals surface area contributed by atoms with E-state index in [1.54, 1.807) is 23.4 Å². The van der Waals surface area contributed by atoms with E-state index in [1.165, 1.54) is 0 Å². The highest BCUT2D eigenvalue weighted by Gasteiger charge is 2.45. The maximum Gasteiger partial charge on any atom is 0.254 e. The molecule has 5 rings (SSSR count). The van der Waals surface area contributed by atoms with E-state index in [0.29, 0.717) is 49.3 Å². The van der Waals surface area contributed by atoms with Gasteiger partial charge in [-0.05, 0) is 80.3 Å². The van der Waals surface area contributed by atoms with Gasteiger partial charge in [-0.15, -0.1) is 0 Å². The van der Waals surface area contributed by atoms with Crippen molar-refractivity contribution in [3.8, 4) is 0 Å². The van der Waals surface area contributed by atoms with E-state index in [2.05, 4.69) is 10.3 Å². The van der Waals surface area contributed by atoms with Gasteiger partial charge in [-0.3, -0.25) is 29.1 Å². The molecular weight excluding hydrogens is 568 g/mol. The maximum absolute atomic E-state index is 14.2. The number of benzene rings is 1. The Bertz CT molecular complexity index is 1520. The van der Waals surface area contributed by atoms with Crippen molar-refractivity contribution in [2.75, 3.05) is 19.6 Å². The number of fused-ring (bicyclic) bond motifs is 1. The number of nitrogens with zero attached hydrogens (tertiary/aromatic N) is 4. The van der Waals surface area contributed by atoms with Crippen molar-refractivity contribution in [1.29, 1.82) is 0 Å². The Hall–Kier alpha value is -4.60. The fourth-order valence-corrected chi connectivity index (χ4v) is 6.79. The van der Waals surface area contributed by atoms with Gasteiger partial charge in [0.1, 0.15) is 0 Å². The zero-order valence-corrected chi connectivity index (χ0v) is 26.0. The Labute approximate surface area is 264 Å². The van der Waals surface area contributed by atoms with E-state index in [4.69, 9.17) is 10.7 Å². The van der Waals surface area contributed by atoms with Crippen LogP contribution in [0.5, 0.6) is 0 Å². The van der Waals surface area contributed by atoms with Gasteiger partial charge in [-0.2, -0.15) is 0 Å². The molecule has 1 aliphatic carbocycles. The topological polar surface area (TPSA) is 139 Å². The van der Waals surface area contributed by atoms with Gasteiger partial charge in [0.25, 0.3) is 5.91 Å². The van der Waals surface area contributed by atoms with Gasteiger partial charge in [0.15, 0.2) is 0 Å². The molecule has 0 bridgehead atoms. The molecule has 1 fully saturated rings. The van der Waals surface area contributed by atoms with Crippen LogP contribution in [0.15, 0.2) is 67.0 Å². The van der Waals surface area contributed by atoms with Crippen LogP contribution in [0.1, 0.15) is 83.9 Å². The van der Waals surface area contributed by atoms with Crippen molar-refractivity contribution in [3.63, 3.8) is 0 Å². The number of primary amides is 1. The van der Waals surface area contributed by atoms with Crippen molar-refractivity contribution >= 4 is 23.6 Å². The Morgan fingerprint density at radius 3 is 2.49 bits per heavy atom. The molecule has 236 valence electrons. The average Bonchev–Trinajstić information content (AvgIpc) is 3.05. The lowest BCUT2D eigenvalue weighted by Crippen LogP contribution is -2.49. The summed E-state index contributed by atoms with van der Waals surface area (Å²) in [5.41, 5.74) is 8.98. The van der Waals surface area contributed by atoms with E-state index >= 15 is 0 Å². The second kappa shape index (κ2) is 14.5. The zero-order valence-electron chi connectivity index (χ0n) is 26.0. The van der Waals surface area contributed by atoms with Gasteiger partial charge >= 0.3 is 0 Å². The summed E-state index contributed by atoms with van der Waals surface area (Å²) in [6.45, 7) is 5.07. The molecule has 3 aromatic rings. The van der Waals surface area contributed by atoms with Crippen molar-refractivity contribution in [2.45, 2.75) is 64.5 Å². The number of carbonyl (C=O) groups excluding carboxylic acids is 4. The normalized spacial score (nSPS) is 21.1. The van der Waals surface area contributed by atoms with Crippen molar-refractivity contribution in [2.24, 2.45) is 17.6 Å². The zero-order chi connectivity index (χ0) is 31.9. The van der Waals surface area contributed by atoms with Gasteiger partial charge < -0.3 is 20.9 Å². The minimum atomic E-state index is -0.667. The minimum absolute atomic E-state index is 0.0238. The van der Waals surface area contributed by atoms with Crippen LogP contribution in [0.4, 0.5) is 0 Å². The van der Waals surface area contributed by atoms with Crippen LogP contribution < -0.4 is 11.1 Å². The lowest BCUT2D eigenvalue weighted by atomic mass is 9.77. The molecule has 10 heteroatoms. The quantitative estimate of drug-likeness (QED) is 0.338. The van der Waals surface area contributed by atoms with Gasteiger partial charge in [0.05, 0.1) is 24.2 Å². The molecule has 1 aliphatic heterocycles. The van der Waals surface area contributed by atoms with Gasteiger partial charge in [0.2, 0.25) is 17.7 Å². The highest BCUT2D eigenvalue weighted by Crippen LogP contribution is 2.44. The number of pyridine rings is 2. The molecule has 0 saturated heterocycles. The summed E-state index contributed by atoms with van der Waals surface area (Å²) in [6.07, 6.45) is 7.01. The van der Waals surface area contributed by atoms with Crippen LogP contribution in [-0.2, 0) is 20.9 Å². The Kier molecular flexibility index (Phi) is 10.2. The highest BCUT2D eigenvalue weighted by atomic mass is 16.2. The lowest BCUT2D eigenvalue weighted by molar-refractivity contribution is -0.140. The van der Waals surface area contributed by atoms with Crippen LogP contribution in [-0.4, -0.2) is 63.0 Å². The third-order valence-corrected chi connectivity index (χ3v) is 8.93. The molecule has 10 nitrogen and oxygen atoms in total. The predicted octanol–water partition coefficient (Wildman–Crippen LogP) is 3.91. The highest BCUT2D eigenvalue weighted by molar-refractivity contribution is 6.01. The van der Waals surface area contributed by atoms with Crippen LogP contribution in [0.25, 0.3) is 0 Å². The number of aromatic nitrogens is 2. The first-order chi connectivity index (χ1) is 21.8. The Balaban J connectivity index is 1.41. The molecule has 4 amide bonds. The molecule has 2 unspecified atom stereocenters. The third kappa shape index (κ3) is 7.38. The van der Waals surface area contributed by atoms with Crippen molar-refractivity contribution in [3.05, 3.63) is 95.1 Å². The van der Waals surface area contributed by atoms with Crippen LogP contribution in [0, 0.1) is 18.8 Å². The average molecular weight is 611 g/mol. The molecule has 1 saturated carbocycles. The molecule has 3 N–H and O–H groups in total. The molecule has 0 spiro atoms. The number of nitrogens with one attached hydrogen (secondary N) is 1. The molecule has 45 heavy (non-hydrogen) atoms. The number of aryl methyl sites for hydroxylation is 1. The van der Waals surface area contributed by atoms with Gasteiger partial charge in [-0.25, -0.2) is 0 Å². The first kappa shape index (κ1) is 31.8. The number of hydrogen-bond donors (Lipinski definition) is 2. The SMILES string of the molecule is CCCN(CC(N)=O)C(=O)C1CCC(CN2C(=O)c3ccccc3C(C(=O)NCc3cccnc3)C2c2cccc(C)n2)CC1. The second-order valence-electron chi connectivity index (χ2n) is 12.2. The third-order valence-electron chi connectivity index (χ3n) is 8.93. The van der Waals surface area contributed by atoms with E-state index in [0.717, 1.165) is 30.5 Å². The van der Waals surface area contributed by atoms with Gasteiger partial charge in [0, 0.05) is 49.2 Å². The standard InChI is InChI=1S/C35H42N6O4/c1-3-18-40(22-30(36)42)34(44)26-15-13-24(14-16-26)21-41-32(29-12-6-8-23(2)39-29)31(27-10-4-5-11-28(27)35(41)45)33(43)38-20-25-9-7-17-37-19-25/h4-12,17,19,24,26,31-32H,3,13-16,18,20-22H2,1-2H3,(H2,36,42)(H,38,43). The Morgan fingerprint density at radius 1 is 1.02 bits per heavy atom. The maximum atomic E-state index is 14.2. The number of nitrogens with two attached hydrogens (primary N) is 1. The van der Waals surface area contributed by atoms with Crippen molar-refractivity contribution < 1.29 is 19.2 Å². The smallest absolute Gasteiger partial charge is 0.254 e. The molecule has 1 aromatic carbocycles. The summed E-state index contributed by atoms with van der Waals surface area (Å²) in [7, 11) is 0. The number of rotatable bonds is 11. The van der Waals surface area contributed by atoms with Crippen molar-refractivity contribution in [1.82, 2.24) is 25.1 Å². The monoisotopic (exact) mass is 610 g/mol. The summed E-state index contributed by atoms with van der Waals surface area (Å²) in [6, 6.07) is 16.2. The summed E-state index contributed by atoms with van der Waals surface area (Å²) < 4.78 is 0. The van der Waals surface area contributed by atoms with Gasteiger partial charge in [-0.1, -0.05) is 37.3 Å². The molecule has 2 aromatic heterocycles. The summed E-state index contributed by atoms with van der Waals surface area (Å²) in [5, 5.41) is 3.10. The van der Waals surface area contributed by atoms with E-state index in [9.17, 15) is 19.2 Å². The number of hydrogen-bond acceptors (Lipinski definition) is 6. The van der Waals surface area contributed by atoms with E-state index in [1.807, 2.05) is 67.3 Å². The van der Waals surface area contributed by atoms with Crippen LogP contribution in [0.2, 0.25) is 0 Å². The number of carbonyl (C=O) groups is 4. The van der Waals surface area contributed by atoms with E-state index < -0.39 is 17.9 Å². The first-order valence-electron chi connectivity index (χ1n) is 15.8. The summed E-state index contributed by atoms with van der Waals surface area (Å²) in [4.78, 5) is 65.5.